The van der Waals surface area contributed by atoms with E-state index >= 15 is 0 Å². The molecule has 1 aromatic rings. The maximum absolute atomic E-state index is 11.6. The standard InChI is InChI=1S/C27H43NO5P2/c1-2-28-26(29)13-9-4-3-8-12-22-23(25(33-35)20-24(22)32-34)15-17-27(30-18-19-31-27)16-14-21-10-6-5-7-11-21/h3,5-8,10-11,22-25H,2,4,9,12-20,34-35H2,1H3,(H,28,29)/b8-3+. The number of nitrogens with one attached hydrogen (secondary N) is 1. The molecule has 1 saturated carbocycles. The molecular formula is C27H43NO5P2. The lowest BCUT2D eigenvalue weighted by Gasteiger charge is -2.31. The van der Waals surface area contributed by atoms with Gasteiger partial charge in [-0.1, -0.05) is 42.5 Å². The van der Waals surface area contributed by atoms with Gasteiger partial charge in [0.2, 0.25) is 5.91 Å². The van der Waals surface area contributed by atoms with E-state index in [4.69, 9.17) is 18.5 Å². The lowest BCUT2D eigenvalue weighted by Crippen LogP contribution is -2.33. The fraction of sp³-hybridized carbons (Fsp3) is 0.667. The molecule has 0 bridgehead atoms. The van der Waals surface area contributed by atoms with Crippen molar-refractivity contribution in [1.82, 2.24) is 5.32 Å². The zero-order chi connectivity index (χ0) is 24.9. The molecule has 0 aromatic heterocycles. The average molecular weight is 524 g/mol. The molecule has 0 radical (unpaired) electrons. The zero-order valence-corrected chi connectivity index (χ0v) is 23.3. The Morgan fingerprint density at radius 3 is 2.49 bits per heavy atom. The van der Waals surface area contributed by atoms with E-state index in [1.807, 2.05) is 13.0 Å². The van der Waals surface area contributed by atoms with Gasteiger partial charge in [-0.25, -0.2) is 0 Å². The first kappa shape index (κ1) is 28.7. The second-order valence-electron chi connectivity index (χ2n) is 9.60. The highest BCUT2D eigenvalue weighted by atomic mass is 31.0. The lowest BCUT2D eigenvalue weighted by atomic mass is 9.85. The third kappa shape index (κ3) is 8.88. The van der Waals surface area contributed by atoms with Crippen molar-refractivity contribution in [2.45, 2.75) is 82.7 Å². The Morgan fingerprint density at radius 1 is 1.09 bits per heavy atom. The fourth-order valence-electron chi connectivity index (χ4n) is 5.48. The number of aryl methyl sites for hydroxylation is 1. The van der Waals surface area contributed by atoms with E-state index in [-0.39, 0.29) is 18.1 Å². The number of carbonyl (C=O) groups excluding carboxylic acids is 1. The van der Waals surface area contributed by atoms with Gasteiger partial charge < -0.3 is 23.8 Å². The summed E-state index contributed by atoms with van der Waals surface area (Å²) in [6.45, 7) is 3.95. The number of amides is 1. The molecule has 3 rings (SSSR count). The number of ether oxygens (including phenoxy) is 2. The quantitative estimate of drug-likeness (QED) is 0.190. The van der Waals surface area contributed by atoms with E-state index in [9.17, 15) is 4.79 Å². The molecule has 1 heterocycles. The zero-order valence-electron chi connectivity index (χ0n) is 21.0. The Morgan fingerprint density at radius 2 is 1.80 bits per heavy atom. The minimum Gasteiger partial charge on any atom is -0.362 e. The molecule has 2 fully saturated rings. The summed E-state index contributed by atoms with van der Waals surface area (Å²) < 4.78 is 24.0. The van der Waals surface area contributed by atoms with Crippen LogP contribution in [0.3, 0.4) is 0 Å². The molecular weight excluding hydrogens is 480 g/mol. The minimum absolute atomic E-state index is 0.131. The number of hydrogen-bond donors (Lipinski definition) is 1. The summed E-state index contributed by atoms with van der Waals surface area (Å²) >= 11 is 0. The Labute approximate surface area is 215 Å². The van der Waals surface area contributed by atoms with Gasteiger partial charge in [0.1, 0.15) is 0 Å². The van der Waals surface area contributed by atoms with Crippen molar-refractivity contribution >= 4 is 24.8 Å². The maximum Gasteiger partial charge on any atom is 0.219 e. The van der Waals surface area contributed by atoms with Crippen LogP contribution in [-0.4, -0.2) is 43.7 Å². The number of unbranched alkanes of at least 4 members (excludes halogenated alkanes) is 1. The van der Waals surface area contributed by atoms with Crippen molar-refractivity contribution in [3.05, 3.63) is 48.0 Å². The number of rotatable bonds is 15. The number of allylic oxidation sites excluding steroid dienone is 2. The van der Waals surface area contributed by atoms with Crippen LogP contribution in [0.15, 0.2) is 42.5 Å². The third-order valence-corrected chi connectivity index (χ3v) is 8.05. The molecule has 1 amide bonds. The molecule has 2 aliphatic rings. The van der Waals surface area contributed by atoms with Crippen LogP contribution in [0.25, 0.3) is 0 Å². The Bertz CT molecular complexity index is 772. The van der Waals surface area contributed by atoms with E-state index in [0.717, 1.165) is 51.4 Å². The van der Waals surface area contributed by atoms with E-state index in [2.05, 4.69) is 60.7 Å². The summed E-state index contributed by atoms with van der Waals surface area (Å²) in [4.78, 5) is 11.6. The van der Waals surface area contributed by atoms with Crippen molar-refractivity contribution in [3.8, 4) is 0 Å². The van der Waals surface area contributed by atoms with Gasteiger partial charge in [0, 0.05) is 51.2 Å². The van der Waals surface area contributed by atoms with E-state index in [1.54, 1.807) is 0 Å². The summed E-state index contributed by atoms with van der Waals surface area (Å²) in [7, 11) is 4.92. The van der Waals surface area contributed by atoms with Crippen molar-refractivity contribution in [1.29, 1.82) is 0 Å². The molecule has 8 heteroatoms. The monoisotopic (exact) mass is 523 g/mol. The molecule has 35 heavy (non-hydrogen) atoms. The summed E-state index contributed by atoms with van der Waals surface area (Å²) in [6.07, 6.45) is 12.5. The highest BCUT2D eigenvalue weighted by Gasteiger charge is 2.45. The van der Waals surface area contributed by atoms with Crippen LogP contribution >= 0.6 is 18.9 Å². The van der Waals surface area contributed by atoms with Crippen LogP contribution in [0.1, 0.15) is 63.9 Å². The van der Waals surface area contributed by atoms with Gasteiger partial charge in [-0.2, -0.15) is 0 Å². The first-order chi connectivity index (χ1) is 17.1. The molecule has 1 saturated heterocycles. The van der Waals surface area contributed by atoms with Gasteiger partial charge in [-0.3, -0.25) is 4.79 Å². The topological polar surface area (TPSA) is 66.0 Å². The second kappa shape index (κ2) is 15.4. The van der Waals surface area contributed by atoms with Crippen molar-refractivity contribution < 1.29 is 23.3 Å². The summed E-state index contributed by atoms with van der Waals surface area (Å²) in [5.41, 5.74) is 1.31. The summed E-state index contributed by atoms with van der Waals surface area (Å²) in [5, 5.41) is 2.85. The molecule has 1 N–H and O–H groups in total. The summed E-state index contributed by atoms with van der Waals surface area (Å²) in [5.74, 6) is 0.344. The van der Waals surface area contributed by atoms with Gasteiger partial charge in [-0.05, 0) is 56.4 Å². The maximum atomic E-state index is 11.6. The Hall–Kier alpha value is -0.870. The van der Waals surface area contributed by atoms with E-state index in [1.165, 1.54) is 5.56 Å². The second-order valence-corrected chi connectivity index (χ2v) is 10.1. The summed E-state index contributed by atoms with van der Waals surface area (Å²) in [6, 6.07) is 10.5. The fourth-order valence-corrected chi connectivity index (χ4v) is 6.11. The molecule has 6 unspecified atom stereocenters. The van der Waals surface area contributed by atoms with Crippen molar-refractivity contribution in [2.75, 3.05) is 19.8 Å². The molecule has 1 aliphatic carbocycles. The van der Waals surface area contributed by atoms with Gasteiger partial charge in [-0.15, -0.1) is 0 Å². The van der Waals surface area contributed by atoms with Crippen LogP contribution in [0, 0.1) is 11.8 Å². The van der Waals surface area contributed by atoms with Crippen LogP contribution in [0.2, 0.25) is 0 Å². The number of benzene rings is 1. The van der Waals surface area contributed by atoms with Gasteiger partial charge in [0.15, 0.2) is 5.79 Å². The van der Waals surface area contributed by atoms with Crippen molar-refractivity contribution in [2.24, 2.45) is 11.8 Å². The Balaban J connectivity index is 1.55. The van der Waals surface area contributed by atoms with Crippen LogP contribution in [0.4, 0.5) is 0 Å². The Kier molecular flexibility index (Phi) is 12.6. The first-order valence-corrected chi connectivity index (χ1v) is 14.0. The smallest absolute Gasteiger partial charge is 0.219 e. The minimum atomic E-state index is -0.513. The first-order valence-electron chi connectivity index (χ1n) is 13.1. The third-order valence-electron chi connectivity index (χ3n) is 7.35. The predicted molar refractivity (Wildman–Crippen MR) is 146 cm³/mol. The van der Waals surface area contributed by atoms with Gasteiger partial charge in [0.05, 0.1) is 25.4 Å². The highest BCUT2D eigenvalue weighted by Crippen LogP contribution is 2.44. The van der Waals surface area contributed by atoms with Crippen LogP contribution in [-0.2, 0) is 29.7 Å². The van der Waals surface area contributed by atoms with E-state index < -0.39 is 5.79 Å². The number of carbonyl (C=O) groups is 1. The van der Waals surface area contributed by atoms with Gasteiger partial charge in [0.25, 0.3) is 0 Å². The lowest BCUT2D eigenvalue weighted by molar-refractivity contribution is -0.170. The van der Waals surface area contributed by atoms with Gasteiger partial charge >= 0.3 is 0 Å². The van der Waals surface area contributed by atoms with E-state index in [0.29, 0.717) is 38.0 Å². The molecule has 0 spiro atoms. The molecule has 6 atom stereocenters. The largest absolute Gasteiger partial charge is 0.362 e. The molecule has 196 valence electrons. The average Bonchev–Trinajstić information content (AvgIpc) is 3.49. The SMILES string of the molecule is CCNC(=O)CCC/C=C/CC1C(OP)CC(OP)C1CCC1(CCc2ccccc2)OCCO1. The molecule has 1 aliphatic heterocycles. The van der Waals surface area contributed by atoms with Crippen LogP contribution in [0.5, 0.6) is 0 Å². The van der Waals surface area contributed by atoms with Crippen LogP contribution < -0.4 is 5.32 Å². The molecule has 1 aromatic carbocycles. The molecule has 6 nitrogen and oxygen atoms in total. The normalized spacial score (nSPS) is 25.9. The predicted octanol–water partition coefficient (Wildman–Crippen LogP) is 5.38. The number of hydrogen-bond acceptors (Lipinski definition) is 5. The van der Waals surface area contributed by atoms with Crippen molar-refractivity contribution in [3.63, 3.8) is 0 Å². The highest BCUT2D eigenvalue weighted by molar-refractivity contribution is 7.10.